The number of carbonyl (C=O) groups excluding carboxylic acids is 2. The summed E-state index contributed by atoms with van der Waals surface area (Å²) in [4.78, 5) is 24.0. The topological polar surface area (TPSA) is 88.4 Å². The van der Waals surface area contributed by atoms with Gasteiger partial charge in [0.2, 0.25) is 11.8 Å². The molecule has 2 N–H and O–H groups in total. The minimum atomic E-state index is -0.138. The number of aryl methyl sites for hydroxylation is 3. The maximum atomic E-state index is 12.5. The maximum absolute atomic E-state index is 12.5. The van der Waals surface area contributed by atoms with Crippen LogP contribution in [-0.4, -0.2) is 32.2 Å². The van der Waals surface area contributed by atoms with E-state index >= 15 is 0 Å². The van der Waals surface area contributed by atoms with Gasteiger partial charge in [-0.3, -0.25) is 14.0 Å². The number of nitrogens with zero attached hydrogens (tertiary/aromatic N) is 3. The highest BCUT2D eigenvalue weighted by molar-refractivity contribution is 7.99. The lowest BCUT2D eigenvalue weighted by atomic mass is 10.0. The fourth-order valence-electron chi connectivity index (χ4n) is 3.66. The van der Waals surface area contributed by atoms with Crippen LogP contribution in [0.1, 0.15) is 30.0 Å². The number of nitrogens with one attached hydrogen (secondary N) is 2. The molecular weight excluding hydrogens is 422 g/mol. The minimum absolute atomic E-state index is 0.0492. The van der Waals surface area contributed by atoms with Gasteiger partial charge in [0.1, 0.15) is 0 Å². The summed E-state index contributed by atoms with van der Waals surface area (Å²) in [6.45, 7) is 8.00. The molecule has 4 rings (SSSR count). The zero-order chi connectivity index (χ0) is 22.8. The summed E-state index contributed by atoms with van der Waals surface area (Å²) in [5.74, 6) is 0.0169. The molecule has 32 heavy (non-hydrogen) atoms. The van der Waals surface area contributed by atoms with Gasteiger partial charge < -0.3 is 10.6 Å². The number of anilines is 2. The van der Waals surface area contributed by atoms with E-state index in [1.54, 1.807) is 31.2 Å². The molecule has 0 radical (unpaired) electrons. The molecule has 0 saturated heterocycles. The Kier molecular flexibility index (Phi) is 6.14. The Morgan fingerprint density at radius 1 is 0.906 bits per heavy atom. The van der Waals surface area contributed by atoms with Crippen LogP contribution >= 0.6 is 11.8 Å². The van der Waals surface area contributed by atoms with Gasteiger partial charge in [0.15, 0.2) is 10.8 Å². The van der Waals surface area contributed by atoms with Crippen molar-refractivity contribution in [3.63, 3.8) is 0 Å². The molecule has 0 atom stereocenters. The van der Waals surface area contributed by atoms with Crippen LogP contribution in [0.2, 0.25) is 0 Å². The number of pyridine rings is 1. The quantitative estimate of drug-likeness (QED) is 0.411. The van der Waals surface area contributed by atoms with Gasteiger partial charge in [-0.15, -0.1) is 10.2 Å². The van der Waals surface area contributed by atoms with Crippen LogP contribution in [0.5, 0.6) is 0 Å². The Bertz CT molecular complexity index is 1330. The van der Waals surface area contributed by atoms with E-state index in [2.05, 4.69) is 52.9 Å². The Balaban J connectivity index is 1.51. The third-order valence-electron chi connectivity index (χ3n) is 5.20. The van der Waals surface area contributed by atoms with Crippen molar-refractivity contribution in [2.45, 2.75) is 39.3 Å². The fourth-order valence-corrected chi connectivity index (χ4v) is 4.40. The molecule has 7 nitrogen and oxygen atoms in total. The molecule has 0 bridgehead atoms. The normalized spacial score (nSPS) is 11.1. The van der Waals surface area contributed by atoms with Gasteiger partial charge in [0.05, 0.1) is 11.3 Å². The molecule has 2 amide bonds. The standard InChI is InChI=1S/C24H25N5O2S/c1-5-21(30)25-17-6-8-18(9-7-17)26-22(31)13-32-24-28-27-23-16(4)12-19-15(3)10-14(2)11-20(19)29(23)24/h6-12H,5,13H2,1-4H3,(H,25,30)(H,26,31). The number of hydrogen-bond acceptors (Lipinski definition) is 5. The smallest absolute Gasteiger partial charge is 0.234 e. The average molecular weight is 448 g/mol. The summed E-state index contributed by atoms with van der Waals surface area (Å²) in [7, 11) is 0. The summed E-state index contributed by atoms with van der Waals surface area (Å²) in [5, 5.41) is 16.2. The zero-order valence-corrected chi connectivity index (χ0v) is 19.3. The molecule has 2 aromatic heterocycles. The van der Waals surface area contributed by atoms with E-state index < -0.39 is 0 Å². The summed E-state index contributed by atoms with van der Waals surface area (Å²) in [5.41, 5.74) is 6.63. The summed E-state index contributed by atoms with van der Waals surface area (Å²) < 4.78 is 2.04. The van der Waals surface area contributed by atoms with Gasteiger partial charge in [-0.1, -0.05) is 24.8 Å². The fraction of sp³-hybridized carbons (Fsp3) is 0.250. The highest BCUT2D eigenvalue weighted by Gasteiger charge is 2.15. The third-order valence-corrected chi connectivity index (χ3v) is 6.13. The van der Waals surface area contributed by atoms with Crippen LogP contribution in [0.15, 0.2) is 47.6 Å². The van der Waals surface area contributed by atoms with Gasteiger partial charge in [0, 0.05) is 23.2 Å². The number of benzene rings is 2. The van der Waals surface area contributed by atoms with E-state index in [-0.39, 0.29) is 17.6 Å². The second-order valence-electron chi connectivity index (χ2n) is 7.80. The molecule has 8 heteroatoms. The number of hydrogen-bond donors (Lipinski definition) is 2. The SMILES string of the molecule is CCC(=O)Nc1ccc(NC(=O)CSc2nnc3c(C)cc4c(C)cc(C)cc4n23)cc1. The molecule has 164 valence electrons. The average Bonchev–Trinajstić information content (AvgIpc) is 3.19. The molecular formula is C24H25N5O2S. The van der Waals surface area contributed by atoms with Crippen molar-refractivity contribution in [3.05, 3.63) is 59.2 Å². The minimum Gasteiger partial charge on any atom is -0.326 e. The lowest BCUT2D eigenvalue weighted by Gasteiger charge is -2.10. The monoisotopic (exact) mass is 447 g/mol. The van der Waals surface area contributed by atoms with E-state index in [1.165, 1.54) is 22.9 Å². The molecule has 0 spiro atoms. The molecule has 0 unspecified atom stereocenters. The highest BCUT2D eigenvalue weighted by atomic mass is 32.2. The second-order valence-corrected chi connectivity index (χ2v) is 8.74. The van der Waals surface area contributed by atoms with E-state index in [9.17, 15) is 9.59 Å². The zero-order valence-electron chi connectivity index (χ0n) is 18.5. The number of amides is 2. The van der Waals surface area contributed by atoms with Crippen molar-refractivity contribution >= 4 is 51.5 Å². The first-order valence-electron chi connectivity index (χ1n) is 10.4. The first-order valence-corrected chi connectivity index (χ1v) is 11.4. The van der Waals surface area contributed by atoms with Crippen LogP contribution < -0.4 is 10.6 Å². The van der Waals surface area contributed by atoms with E-state index in [1.807, 2.05) is 11.3 Å². The number of aromatic nitrogens is 3. The van der Waals surface area contributed by atoms with Crippen molar-refractivity contribution in [1.82, 2.24) is 14.6 Å². The van der Waals surface area contributed by atoms with Gasteiger partial charge in [0.25, 0.3) is 0 Å². The molecule has 0 saturated carbocycles. The van der Waals surface area contributed by atoms with Crippen molar-refractivity contribution in [2.24, 2.45) is 0 Å². The summed E-state index contributed by atoms with van der Waals surface area (Å²) in [6.07, 6.45) is 0.418. The molecule has 2 heterocycles. The molecule has 4 aromatic rings. The lowest BCUT2D eigenvalue weighted by molar-refractivity contribution is -0.116. The second kappa shape index (κ2) is 9.00. The first-order chi connectivity index (χ1) is 15.4. The molecule has 0 fully saturated rings. The molecule has 0 aliphatic rings. The van der Waals surface area contributed by atoms with E-state index in [4.69, 9.17) is 0 Å². The van der Waals surface area contributed by atoms with Crippen LogP contribution in [0.3, 0.4) is 0 Å². The highest BCUT2D eigenvalue weighted by Crippen LogP contribution is 2.28. The number of carbonyl (C=O) groups is 2. The van der Waals surface area contributed by atoms with Gasteiger partial charge >= 0.3 is 0 Å². The van der Waals surface area contributed by atoms with Crippen molar-refractivity contribution in [3.8, 4) is 0 Å². The predicted octanol–water partition coefficient (Wildman–Crippen LogP) is 4.89. The Labute approximate surface area is 190 Å². The van der Waals surface area contributed by atoms with Crippen molar-refractivity contribution < 1.29 is 9.59 Å². The van der Waals surface area contributed by atoms with Gasteiger partial charge in [-0.05, 0) is 73.9 Å². The van der Waals surface area contributed by atoms with Gasteiger partial charge in [-0.25, -0.2) is 0 Å². The largest absolute Gasteiger partial charge is 0.326 e. The predicted molar refractivity (Wildman–Crippen MR) is 129 cm³/mol. The van der Waals surface area contributed by atoms with Crippen LogP contribution in [0.25, 0.3) is 16.6 Å². The molecule has 0 aliphatic heterocycles. The van der Waals surface area contributed by atoms with E-state index in [0.29, 0.717) is 23.0 Å². The Morgan fingerprint density at radius 3 is 2.22 bits per heavy atom. The van der Waals surface area contributed by atoms with Crippen LogP contribution in [0, 0.1) is 20.8 Å². The number of rotatable bonds is 6. The van der Waals surface area contributed by atoms with Gasteiger partial charge in [-0.2, -0.15) is 0 Å². The Morgan fingerprint density at radius 2 is 1.56 bits per heavy atom. The maximum Gasteiger partial charge on any atom is 0.234 e. The first kappa shape index (κ1) is 21.8. The van der Waals surface area contributed by atoms with Crippen molar-refractivity contribution in [2.75, 3.05) is 16.4 Å². The Hall–Kier alpha value is -3.39. The van der Waals surface area contributed by atoms with Crippen LogP contribution in [0.4, 0.5) is 11.4 Å². The molecule has 2 aromatic carbocycles. The summed E-state index contributed by atoms with van der Waals surface area (Å²) in [6, 6.07) is 13.5. The lowest BCUT2D eigenvalue weighted by Crippen LogP contribution is -2.14. The van der Waals surface area contributed by atoms with Crippen LogP contribution in [-0.2, 0) is 9.59 Å². The number of fused-ring (bicyclic) bond motifs is 3. The molecule has 0 aliphatic carbocycles. The third kappa shape index (κ3) is 4.45. The van der Waals surface area contributed by atoms with E-state index in [0.717, 1.165) is 22.1 Å². The number of thioether (sulfide) groups is 1. The summed E-state index contributed by atoms with van der Waals surface area (Å²) >= 11 is 1.35. The van der Waals surface area contributed by atoms with Crippen molar-refractivity contribution in [1.29, 1.82) is 0 Å².